The highest BCUT2D eigenvalue weighted by molar-refractivity contribution is 7.17. The molecule has 1 atom stereocenters. The van der Waals surface area contributed by atoms with Crippen LogP contribution in [-0.2, 0) is 20.9 Å². The molecule has 9 nitrogen and oxygen atoms in total. The normalized spacial score (nSPS) is 16.1. The van der Waals surface area contributed by atoms with Crippen LogP contribution in [-0.4, -0.2) is 39.5 Å². The van der Waals surface area contributed by atoms with Crippen LogP contribution in [0, 0.1) is 13.8 Å². The summed E-state index contributed by atoms with van der Waals surface area (Å²) in [4.78, 5) is 45.1. The van der Waals surface area contributed by atoms with E-state index in [1.807, 2.05) is 31.2 Å². The number of aliphatic hydroxyl groups excluding tert-OH is 1. The Morgan fingerprint density at radius 2 is 1.74 bits per heavy atom. The monoisotopic (exact) mass is 584 g/mol. The van der Waals surface area contributed by atoms with E-state index in [1.165, 1.54) is 17.0 Å². The minimum absolute atomic E-state index is 0.00774. The number of aliphatic hydroxyl groups is 1. The Morgan fingerprint density at radius 3 is 2.40 bits per heavy atom. The predicted molar refractivity (Wildman–Crippen MR) is 158 cm³/mol. The number of Topliss-reactive ketones (excluding diaryl/α,β-unsaturated/α-hetero) is 1. The molecule has 1 aliphatic rings. The molecule has 10 heteroatoms. The first-order chi connectivity index (χ1) is 20.2. The Balaban J connectivity index is 1.52. The summed E-state index contributed by atoms with van der Waals surface area (Å²) in [5.41, 5.74) is 3.10. The maximum absolute atomic E-state index is 13.4. The van der Waals surface area contributed by atoms with E-state index in [0.717, 1.165) is 22.5 Å². The Morgan fingerprint density at radius 1 is 1.02 bits per heavy atom. The molecule has 1 aromatic heterocycles. The highest BCUT2D eigenvalue weighted by Gasteiger charge is 2.48. The van der Waals surface area contributed by atoms with Crippen LogP contribution in [0.3, 0.4) is 0 Å². The molecule has 42 heavy (non-hydrogen) atoms. The zero-order chi connectivity index (χ0) is 30.0. The lowest BCUT2D eigenvalue weighted by Crippen LogP contribution is -2.29. The lowest BCUT2D eigenvalue weighted by molar-refractivity contribution is -0.132. The molecule has 1 aliphatic heterocycles. The van der Waals surface area contributed by atoms with Gasteiger partial charge in [-0.25, -0.2) is 9.78 Å². The van der Waals surface area contributed by atoms with Crippen molar-refractivity contribution < 1.29 is 34.1 Å². The summed E-state index contributed by atoms with van der Waals surface area (Å²) in [6.45, 7) is 5.83. The molecular weight excluding hydrogens is 556 g/mol. The third-order valence-corrected chi connectivity index (χ3v) is 7.86. The number of amides is 1. The van der Waals surface area contributed by atoms with Crippen molar-refractivity contribution in [1.29, 1.82) is 0 Å². The molecule has 0 radical (unpaired) electrons. The van der Waals surface area contributed by atoms with Gasteiger partial charge in [-0.15, -0.1) is 0 Å². The number of esters is 1. The molecule has 1 fully saturated rings. The molecular formula is C32H28N2O7S. The van der Waals surface area contributed by atoms with Gasteiger partial charge < -0.3 is 19.7 Å². The van der Waals surface area contributed by atoms with Gasteiger partial charge in [0.15, 0.2) is 5.13 Å². The van der Waals surface area contributed by atoms with Crippen molar-refractivity contribution >= 4 is 39.9 Å². The SMILES string of the molecule is CCOC(=O)c1sc(N2C(=O)C(=O)C(=C(O)c3ccc(OCc4cccc(C)c4)cc3)C2c2ccc(O)cc2)nc1C. The van der Waals surface area contributed by atoms with Crippen LogP contribution in [0.4, 0.5) is 5.13 Å². The van der Waals surface area contributed by atoms with Gasteiger partial charge in [0.25, 0.3) is 5.78 Å². The van der Waals surface area contributed by atoms with E-state index in [4.69, 9.17) is 9.47 Å². The molecule has 4 aromatic rings. The fourth-order valence-corrected chi connectivity index (χ4v) is 5.69. The van der Waals surface area contributed by atoms with Gasteiger partial charge in [0.1, 0.15) is 28.7 Å². The van der Waals surface area contributed by atoms with Crippen molar-refractivity contribution in [3.8, 4) is 11.5 Å². The van der Waals surface area contributed by atoms with E-state index < -0.39 is 23.7 Å². The number of thiazole rings is 1. The zero-order valence-electron chi connectivity index (χ0n) is 23.2. The van der Waals surface area contributed by atoms with Gasteiger partial charge >= 0.3 is 11.9 Å². The van der Waals surface area contributed by atoms with Crippen molar-refractivity contribution in [3.63, 3.8) is 0 Å². The maximum atomic E-state index is 13.4. The van der Waals surface area contributed by atoms with Gasteiger partial charge in [0.2, 0.25) is 0 Å². The Bertz CT molecular complexity index is 1690. The molecule has 5 rings (SSSR count). The van der Waals surface area contributed by atoms with Crippen LogP contribution < -0.4 is 9.64 Å². The van der Waals surface area contributed by atoms with Gasteiger partial charge in [-0.2, -0.15) is 0 Å². The summed E-state index contributed by atoms with van der Waals surface area (Å²) in [7, 11) is 0. The molecule has 2 N–H and O–H groups in total. The second-order valence-corrected chi connectivity index (χ2v) is 10.7. The van der Waals surface area contributed by atoms with E-state index in [-0.39, 0.29) is 33.7 Å². The van der Waals surface area contributed by atoms with Crippen LogP contribution in [0.2, 0.25) is 0 Å². The lowest BCUT2D eigenvalue weighted by atomic mass is 9.95. The van der Waals surface area contributed by atoms with Gasteiger partial charge in [-0.05, 0) is 68.3 Å². The number of nitrogens with zero attached hydrogens (tertiary/aromatic N) is 2. The molecule has 214 valence electrons. The van der Waals surface area contributed by atoms with E-state index in [1.54, 1.807) is 50.2 Å². The minimum atomic E-state index is -1.07. The molecule has 0 aliphatic carbocycles. The first-order valence-corrected chi connectivity index (χ1v) is 14.0. The zero-order valence-corrected chi connectivity index (χ0v) is 24.0. The summed E-state index contributed by atoms with van der Waals surface area (Å²) < 4.78 is 11.0. The molecule has 0 bridgehead atoms. The van der Waals surface area contributed by atoms with Crippen LogP contribution in [0.25, 0.3) is 5.76 Å². The van der Waals surface area contributed by atoms with Crippen molar-refractivity contribution in [3.05, 3.63) is 111 Å². The number of anilines is 1. The Labute approximate surface area is 246 Å². The maximum Gasteiger partial charge on any atom is 0.350 e. The average Bonchev–Trinajstić information content (AvgIpc) is 3.48. The summed E-state index contributed by atoms with van der Waals surface area (Å²) in [6, 6.07) is 19.4. The molecule has 3 aromatic carbocycles. The number of carbonyl (C=O) groups excluding carboxylic acids is 3. The van der Waals surface area contributed by atoms with Gasteiger partial charge in [0.05, 0.1) is 23.9 Å². The third-order valence-electron chi connectivity index (χ3n) is 6.72. The quantitative estimate of drug-likeness (QED) is 0.114. The van der Waals surface area contributed by atoms with E-state index >= 15 is 0 Å². The number of aromatic nitrogens is 1. The molecule has 0 spiro atoms. The summed E-state index contributed by atoms with van der Waals surface area (Å²) in [5.74, 6) is -2.22. The topological polar surface area (TPSA) is 126 Å². The number of phenolic OH excluding ortho intramolecular Hbond substituents is 1. The van der Waals surface area contributed by atoms with Crippen LogP contribution in [0.15, 0.2) is 78.4 Å². The van der Waals surface area contributed by atoms with Crippen molar-refractivity contribution in [2.45, 2.75) is 33.4 Å². The van der Waals surface area contributed by atoms with Gasteiger partial charge in [0, 0.05) is 5.56 Å². The molecule has 0 saturated carbocycles. The number of ketones is 1. The first kappa shape index (κ1) is 28.6. The predicted octanol–water partition coefficient (Wildman–Crippen LogP) is 5.85. The minimum Gasteiger partial charge on any atom is -0.508 e. The number of carbonyl (C=O) groups is 3. The fourth-order valence-electron chi connectivity index (χ4n) is 4.71. The van der Waals surface area contributed by atoms with Gasteiger partial charge in [-0.3, -0.25) is 14.5 Å². The van der Waals surface area contributed by atoms with E-state index in [0.29, 0.717) is 29.2 Å². The first-order valence-electron chi connectivity index (χ1n) is 13.2. The number of aromatic hydroxyl groups is 1. The molecule has 1 saturated heterocycles. The second-order valence-electron chi connectivity index (χ2n) is 9.69. The fraction of sp³-hybridized carbons (Fsp3) is 0.188. The standard InChI is InChI=1S/C32H28N2O7S/c1-4-40-31(39)29-19(3)33-32(42-29)34-26(21-8-12-23(35)13-9-21)25(28(37)30(34)38)27(36)22-10-14-24(15-11-22)41-17-20-7-5-6-18(2)16-20/h5-16,26,35-36H,4,17H2,1-3H3. The number of aryl methyl sites for hydroxylation is 2. The summed E-state index contributed by atoms with van der Waals surface area (Å²) in [6.07, 6.45) is 0. The number of hydrogen-bond acceptors (Lipinski definition) is 9. The van der Waals surface area contributed by atoms with Gasteiger partial charge in [-0.1, -0.05) is 53.3 Å². The number of hydrogen-bond donors (Lipinski definition) is 2. The lowest BCUT2D eigenvalue weighted by Gasteiger charge is -2.23. The highest BCUT2D eigenvalue weighted by Crippen LogP contribution is 2.44. The number of benzene rings is 3. The number of rotatable bonds is 8. The van der Waals surface area contributed by atoms with Crippen LogP contribution in [0.5, 0.6) is 11.5 Å². The van der Waals surface area contributed by atoms with Crippen molar-refractivity contribution in [1.82, 2.24) is 4.98 Å². The largest absolute Gasteiger partial charge is 0.508 e. The average molecular weight is 585 g/mol. The third kappa shape index (κ3) is 5.61. The molecule has 1 unspecified atom stereocenters. The molecule has 2 heterocycles. The van der Waals surface area contributed by atoms with E-state index in [9.17, 15) is 24.6 Å². The summed E-state index contributed by atoms with van der Waals surface area (Å²) >= 11 is 0.925. The Kier molecular flexibility index (Phi) is 8.08. The van der Waals surface area contributed by atoms with Crippen LogP contribution in [0.1, 0.15) is 50.6 Å². The smallest absolute Gasteiger partial charge is 0.350 e. The number of ether oxygens (including phenoxy) is 2. The van der Waals surface area contributed by atoms with Crippen LogP contribution >= 0.6 is 11.3 Å². The van der Waals surface area contributed by atoms with Crippen molar-refractivity contribution in [2.24, 2.45) is 0 Å². The Hall–Kier alpha value is -4.96. The summed E-state index contributed by atoms with van der Waals surface area (Å²) in [5, 5.41) is 21.4. The highest BCUT2D eigenvalue weighted by atomic mass is 32.1. The molecule has 1 amide bonds. The second kappa shape index (κ2) is 11.9. The van der Waals surface area contributed by atoms with Crippen molar-refractivity contribution in [2.75, 3.05) is 11.5 Å². The number of phenols is 1. The van der Waals surface area contributed by atoms with E-state index in [2.05, 4.69) is 4.98 Å².